The van der Waals surface area contributed by atoms with Gasteiger partial charge in [-0.15, -0.1) is 0 Å². The van der Waals surface area contributed by atoms with Gasteiger partial charge in [-0.05, 0) is 55.3 Å². The number of carbonyl (C=O) groups is 1. The number of ketones is 1. The largest absolute Gasteiger partial charge is 0.496 e. The molecule has 2 rings (SSSR count). The van der Waals surface area contributed by atoms with Gasteiger partial charge in [-0.1, -0.05) is 31.9 Å². The van der Waals surface area contributed by atoms with Crippen LogP contribution < -0.4 is 4.74 Å². The first kappa shape index (κ1) is 15.3. The van der Waals surface area contributed by atoms with Gasteiger partial charge in [0.05, 0.1) is 12.7 Å². The van der Waals surface area contributed by atoms with Crippen LogP contribution in [0.15, 0.2) is 39.3 Å². The summed E-state index contributed by atoms with van der Waals surface area (Å²) in [5.41, 5.74) is 3.27. The zero-order valence-electron chi connectivity index (χ0n) is 11.5. The highest BCUT2D eigenvalue weighted by molar-refractivity contribution is 9.10. The SMILES string of the molecule is COc1cc(C)c(Br)cc1C(=O)c1cc(C)cc(Br)c1. The lowest BCUT2D eigenvalue weighted by molar-refractivity contribution is 0.103. The Hall–Kier alpha value is -1.13. The number of benzene rings is 2. The number of halogens is 2. The molecule has 2 nitrogen and oxygen atoms in total. The highest BCUT2D eigenvalue weighted by atomic mass is 79.9. The van der Waals surface area contributed by atoms with Gasteiger partial charge in [0.2, 0.25) is 0 Å². The molecule has 0 N–H and O–H groups in total. The van der Waals surface area contributed by atoms with Gasteiger partial charge in [0.25, 0.3) is 0 Å². The molecule has 0 aliphatic carbocycles. The Labute approximate surface area is 135 Å². The van der Waals surface area contributed by atoms with Crippen LogP contribution in [-0.4, -0.2) is 12.9 Å². The smallest absolute Gasteiger partial charge is 0.196 e. The molecular weight excluding hydrogens is 384 g/mol. The molecule has 0 bridgehead atoms. The third kappa shape index (κ3) is 3.13. The summed E-state index contributed by atoms with van der Waals surface area (Å²) in [5, 5.41) is 0. The lowest BCUT2D eigenvalue weighted by Crippen LogP contribution is -2.05. The van der Waals surface area contributed by atoms with Crippen molar-refractivity contribution in [2.24, 2.45) is 0 Å². The third-order valence-corrected chi connectivity index (χ3v) is 4.34. The van der Waals surface area contributed by atoms with Crippen molar-refractivity contribution in [1.29, 1.82) is 0 Å². The number of hydrogen-bond acceptors (Lipinski definition) is 2. The minimum Gasteiger partial charge on any atom is -0.496 e. The lowest BCUT2D eigenvalue weighted by atomic mass is 10.00. The van der Waals surface area contributed by atoms with E-state index in [0.29, 0.717) is 16.9 Å². The maximum Gasteiger partial charge on any atom is 0.196 e. The van der Waals surface area contributed by atoms with Crippen LogP contribution in [0.1, 0.15) is 27.0 Å². The molecule has 0 radical (unpaired) electrons. The lowest BCUT2D eigenvalue weighted by Gasteiger charge is -2.11. The number of aryl methyl sites for hydroxylation is 2. The summed E-state index contributed by atoms with van der Waals surface area (Å²) >= 11 is 6.88. The molecule has 0 heterocycles. The van der Waals surface area contributed by atoms with Crippen LogP contribution in [-0.2, 0) is 0 Å². The number of methoxy groups -OCH3 is 1. The summed E-state index contributed by atoms with van der Waals surface area (Å²) in [6, 6.07) is 9.34. The maximum atomic E-state index is 12.7. The van der Waals surface area contributed by atoms with Gasteiger partial charge in [-0.3, -0.25) is 4.79 Å². The molecule has 20 heavy (non-hydrogen) atoms. The summed E-state index contributed by atoms with van der Waals surface area (Å²) in [4.78, 5) is 12.7. The van der Waals surface area contributed by atoms with E-state index in [0.717, 1.165) is 20.1 Å². The molecule has 0 spiro atoms. The Balaban J connectivity index is 2.55. The second-order valence-corrected chi connectivity index (χ2v) is 6.42. The van der Waals surface area contributed by atoms with Gasteiger partial charge in [0, 0.05) is 14.5 Å². The number of ether oxygens (including phenoxy) is 1. The monoisotopic (exact) mass is 396 g/mol. The number of carbonyl (C=O) groups excluding carboxylic acids is 1. The van der Waals surface area contributed by atoms with Crippen molar-refractivity contribution in [3.63, 3.8) is 0 Å². The van der Waals surface area contributed by atoms with E-state index in [1.54, 1.807) is 7.11 Å². The van der Waals surface area contributed by atoms with Crippen LogP contribution in [0, 0.1) is 13.8 Å². The minimum atomic E-state index is -0.0491. The van der Waals surface area contributed by atoms with Gasteiger partial charge in [0.1, 0.15) is 5.75 Å². The second kappa shape index (κ2) is 6.10. The predicted molar refractivity (Wildman–Crippen MR) is 87.7 cm³/mol. The van der Waals surface area contributed by atoms with E-state index in [2.05, 4.69) is 31.9 Å². The van der Waals surface area contributed by atoms with Crippen molar-refractivity contribution in [2.75, 3.05) is 7.11 Å². The van der Waals surface area contributed by atoms with Crippen LogP contribution in [0.3, 0.4) is 0 Å². The van der Waals surface area contributed by atoms with Gasteiger partial charge in [-0.25, -0.2) is 0 Å². The van der Waals surface area contributed by atoms with Crippen LogP contribution in [0.2, 0.25) is 0 Å². The fourth-order valence-corrected chi connectivity index (χ4v) is 2.98. The summed E-state index contributed by atoms with van der Waals surface area (Å²) in [5.74, 6) is 0.542. The zero-order chi connectivity index (χ0) is 14.9. The van der Waals surface area contributed by atoms with E-state index in [9.17, 15) is 4.79 Å². The van der Waals surface area contributed by atoms with Crippen LogP contribution in [0.4, 0.5) is 0 Å². The molecule has 0 saturated heterocycles. The van der Waals surface area contributed by atoms with Crippen LogP contribution in [0.25, 0.3) is 0 Å². The Bertz CT molecular complexity index is 658. The quantitative estimate of drug-likeness (QED) is 0.676. The Morgan fingerprint density at radius 1 is 1.05 bits per heavy atom. The Kier molecular flexibility index (Phi) is 4.66. The molecule has 0 atom stereocenters. The van der Waals surface area contributed by atoms with Crippen molar-refractivity contribution in [1.82, 2.24) is 0 Å². The van der Waals surface area contributed by atoms with Crippen LogP contribution >= 0.6 is 31.9 Å². The van der Waals surface area contributed by atoms with E-state index in [1.165, 1.54) is 0 Å². The second-order valence-electron chi connectivity index (χ2n) is 4.65. The number of rotatable bonds is 3. The van der Waals surface area contributed by atoms with E-state index in [-0.39, 0.29) is 5.78 Å². The first-order chi connectivity index (χ1) is 9.42. The standard InChI is InChI=1S/C16H14Br2O2/c1-9-4-11(7-12(17)5-9)16(19)13-8-14(18)10(2)6-15(13)20-3/h4-8H,1-3H3. The first-order valence-electron chi connectivity index (χ1n) is 6.08. The Morgan fingerprint density at radius 3 is 2.35 bits per heavy atom. The summed E-state index contributed by atoms with van der Waals surface area (Å²) in [6.45, 7) is 3.92. The maximum absolute atomic E-state index is 12.7. The number of hydrogen-bond donors (Lipinski definition) is 0. The van der Waals surface area contributed by atoms with Crippen molar-refractivity contribution < 1.29 is 9.53 Å². The predicted octanol–water partition coefficient (Wildman–Crippen LogP) is 5.07. The molecule has 2 aromatic rings. The highest BCUT2D eigenvalue weighted by Gasteiger charge is 2.17. The average Bonchev–Trinajstić information content (AvgIpc) is 2.39. The van der Waals surface area contributed by atoms with Crippen molar-refractivity contribution >= 4 is 37.6 Å². The molecule has 0 aromatic heterocycles. The van der Waals surface area contributed by atoms with Crippen molar-refractivity contribution in [3.8, 4) is 5.75 Å². The van der Waals surface area contributed by atoms with E-state index < -0.39 is 0 Å². The van der Waals surface area contributed by atoms with E-state index in [4.69, 9.17) is 4.74 Å². The topological polar surface area (TPSA) is 26.3 Å². The summed E-state index contributed by atoms with van der Waals surface area (Å²) < 4.78 is 7.12. The Morgan fingerprint density at radius 2 is 1.75 bits per heavy atom. The molecule has 104 valence electrons. The molecule has 0 unspecified atom stereocenters. The molecule has 2 aromatic carbocycles. The van der Waals surface area contributed by atoms with Crippen molar-refractivity contribution in [2.45, 2.75) is 13.8 Å². The molecular formula is C16H14Br2O2. The van der Waals surface area contributed by atoms with E-state index in [1.807, 2.05) is 44.2 Å². The molecule has 0 aliphatic heterocycles. The highest BCUT2D eigenvalue weighted by Crippen LogP contribution is 2.29. The van der Waals surface area contributed by atoms with Gasteiger partial charge < -0.3 is 4.74 Å². The average molecular weight is 398 g/mol. The van der Waals surface area contributed by atoms with Gasteiger partial charge in [0.15, 0.2) is 5.78 Å². The third-order valence-electron chi connectivity index (χ3n) is 3.03. The molecule has 0 fully saturated rings. The van der Waals surface area contributed by atoms with Gasteiger partial charge in [-0.2, -0.15) is 0 Å². The summed E-state index contributed by atoms with van der Waals surface area (Å²) in [6.07, 6.45) is 0. The molecule has 4 heteroatoms. The fraction of sp³-hybridized carbons (Fsp3) is 0.188. The van der Waals surface area contributed by atoms with Crippen molar-refractivity contribution in [3.05, 3.63) is 61.5 Å². The molecule has 0 amide bonds. The molecule has 0 aliphatic rings. The minimum absolute atomic E-state index is 0.0491. The zero-order valence-corrected chi connectivity index (χ0v) is 14.6. The molecule has 0 saturated carbocycles. The van der Waals surface area contributed by atoms with E-state index >= 15 is 0 Å². The van der Waals surface area contributed by atoms with Gasteiger partial charge >= 0.3 is 0 Å². The fourth-order valence-electron chi connectivity index (χ4n) is 2.02. The normalized spacial score (nSPS) is 10.4. The first-order valence-corrected chi connectivity index (χ1v) is 7.67. The van der Waals surface area contributed by atoms with Crippen LogP contribution in [0.5, 0.6) is 5.75 Å². The summed E-state index contributed by atoms with van der Waals surface area (Å²) in [7, 11) is 1.58.